The highest BCUT2D eigenvalue weighted by Crippen LogP contribution is 2.21. The number of nitrogens with one attached hydrogen (secondary N) is 3. The van der Waals surface area contributed by atoms with Gasteiger partial charge in [0.2, 0.25) is 0 Å². The van der Waals surface area contributed by atoms with E-state index in [-0.39, 0.29) is 18.6 Å². The zero-order valence-electron chi connectivity index (χ0n) is 17.4. The lowest BCUT2D eigenvalue weighted by molar-refractivity contribution is -0.139. The summed E-state index contributed by atoms with van der Waals surface area (Å²) >= 11 is 6.01. The van der Waals surface area contributed by atoms with Crippen LogP contribution in [0.5, 0.6) is 5.75 Å². The maximum Gasteiger partial charge on any atom is 0.329 e. The smallest absolute Gasteiger partial charge is 0.329 e. The molecule has 0 fully saturated rings. The van der Waals surface area contributed by atoms with Crippen LogP contribution in [-0.4, -0.2) is 36.6 Å². The number of nitrogens with zero attached hydrogens (tertiary/aromatic N) is 1. The maximum atomic E-state index is 12.1. The van der Waals surface area contributed by atoms with E-state index in [1.54, 1.807) is 25.1 Å². The molecule has 0 saturated carbocycles. The monoisotopic (exact) mass is 444 g/mol. The van der Waals surface area contributed by atoms with Crippen molar-refractivity contribution < 1.29 is 19.1 Å². The third-order valence-electron chi connectivity index (χ3n) is 4.23. The fraction of sp³-hybridized carbons (Fsp3) is 0.273. The van der Waals surface area contributed by atoms with Crippen LogP contribution in [0, 0.1) is 0 Å². The van der Waals surface area contributed by atoms with Crippen LogP contribution in [0.2, 0.25) is 5.02 Å². The highest BCUT2D eigenvalue weighted by Gasteiger charge is 2.14. The molecular formula is C22H25ClN4O4. The first kappa shape index (κ1) is 23.9. The van der Waals surface area contributed by atoms with Gasteiger partial charge in [-0.2, -0.15) is 5.10 Å². The highest BCUT2D eigenvalue weighted by molar-refractivity contribution is 6.35. The minimum atomic E-state index is -0.888. The second-order valence-corrected chi connectivity index (χ2v) is 7.15. The first-order valence-corrected chi connectivity index (χ1v) is 10.1. The molecule has 0 unspecified atom stereocenters. The van der Waals surface area contributed by atoms with Crippen LogP contribution in [0.25, 0.3) is 0 Å². The van der Waals surface area contributed by atoms with Crippen molar-refractivity contribution in [3.8, 4) is 5.75 Å². The van der Waals surface area contributed by atoms with Gasteiger partial charge in [-0.25, -0.2) is 5.43 Å². The van der Waals surface area contributed by atoms with Crippen molar-refractivity contribution in [3.05, 3.63) is 64.7 Å². The van der Waals surface area contributed by atoms with Gasteiger partial charge in [0.25, 0.3) is 5.91 Å². The molecule has 2 aromatic carbocycles. The van der Waals surface area contributed by atoms with Crippen LogP contribution in [-0.2, 0) is 20.9 Å². The molecule has 1 atom stereocenters. The minimum absolute atomic E-state index is 0.122. The summed E-state index contributed by atoms with van der Waals surface area (Å²) in [6.45, 7) is 3.87. The Labute approximate surface area is 186 Å². The standard InChI is InChI=1S/C22H25ClN4O4/c1-3-15(2)26-21(29)22(30)27-25-13-17-11-18(23)9-10-19(17)31-14-20(28)24-12-16-7-5-4-6-8-16/h4-11,13,15H,3,12,14H2,1-2H3,(H,24,28)(H,26,29)(H,27,30)/b25-13-/t15-/m1/s1. The molecule has 0 aliphatic carbocycles. The molecule has 0 spiro atoms. The largest absolute Gasteiger partial charge is 0.483 e. The Hall–Kier alpha value is -3.39. The Morgan fingerprint density at radius 1 is 1.13 bits per heavy atom. The van der Waals surface area contributed by atoms with Gasteiger partial charge in [0.15, 0.2) is 6.61 Å². The molecule has 0 heterocycles. The number of rotatable bonds is 9. The van der Waals surface area contributed by atoms with Gasteiger partial charge in [0.1, 0.15) is 5.75 Å². The third-order valence-corrected chi connectivity index (χ3v) is 4.46. The van der Waals surface area contributed by atoms with E-state index in [2.05, 4.69) is 21.2 Å². The van der Waals surface area contributed by atoms with Crippen LogP contribution >= 0.6 is 11.6 Å². The molecule has 0 saturated heterocycles. The lowest BCUT2D eigenvalue weighted by Gasteiger charge is -2.11. The Kier molecular flexibility index (Phi) is 9.51. The summed E-state index contributed by atoms with van der Waals surface area (Å²) in [4.78, 5) is 35.6. The minimum Gasteiger partial charge on any atom is -0.483 e. The van der Waals surface area contributed by atoms with Gasteiger partial charge in [-0.15, -0.1) is 0 Å². The lowest BCUT2D eigenvalue weighted by atomic mass is 10.2. The van der Waals surface area contributed by atoms with Crippen molar-refractivity contribution in [2.24, 2.45) is 5.10 Å². The molecule has 2 rings (SSSR count). The van der Waals surface area contributed by atoms with E-state index in [0.717, 1.165) is 5.56 Å². The summed E-state index contributed by atoms with van der Waals surface area (Å²) in [7, 11) is 0. The van der Waals surface area contributed by atoms with E-state index in [9.17, 15) is 14.4 Å². The number of carbonyl (C=O) groups is 3. The quantitative estimate of drug-likeness (QED) is 0.313. The molecule has 0 aliphatic heterocycles. The van der Waals surface area contributed by atoms with E-state index in [4.69, 9.17) is 16.3 Å². The summed E-state index contributed by atoms with van der Waals surface area (Å²) in [5.74, 6) is -1.61. The number of ether oxygens (including phenoxy) is 1. The number of hydrazone groups is 1. The molecule has 3 amide bonds. The van der Waals surface area contributed by atoms with Gasteiger partial charge >= 0.3 is 11.8 Å². The molecule has 164 valence electrons. The maximum absolute atomic E-state index is 12.1. The number of carbonyl (C=O) groups excluding carboxylic acids is 3. The van der Waals surface area contributed by atoms with Crippen molar-refractivity contribution in [2.45, 2.75) is 32.9 Å². The zero-order chi connectivity index (χ0) is 22.6. The van der Waals surface area contributed by atoms with E-state index in [1.165, 1.54) is 6.21 Å². The predicted molar refractivity (Wildman–Crippen MR) is 119 cm³/mol. The molecule has 8 nitrogen and oxygen atoms in total. The summed E-state index contributed by atoms with van der Waals surface area (Å²) < 4.78 is 5.56. The second-order valence-electron chi connectivity index (χ2n) is 6.72. The van der Waals surface area contributed by atoms with Crippen molar-refractivity contribution in [1.29, 1.82) is 0 Å². The summed E-state index contributed by atoms with van der Waals surface area (Å²) in [6, 6.07) is 14.1. The fourth-order valence-electron chi connectivity index (χ4n) is 2.35. The van der Waals surface area contributed by atoms with Crippen LogP contribution in [0.1, 0.15) is 31.4 Å². The van der Waals surface area contributed by atoms with Crippen LogP contribution in [0.4, 0.5) is 0 Å². The molecule has 9 heteroatoms. The molecule has 0 aliphatic rings. The number of halogens is 1. The van der Waals surface area contributed by atoms with Gasteiger partial charge in [0, 0.05) is 23.2 Å². The summed E-state index contributed by atoms with van der Waals surface area (Å²) in [5.41, 5.74) is 3.56. The average molecular weight is 445 g/mol. The van der Waals surface area contributed by atoms with E-state index in [1.807, 2.05) is 37.3 Å². The normalized spacial score (nSPS) is 11.6. The Bertz CT molecular complexity index is 934. The average Bonchev–Trinajstić information content (AvgIpc) is 2.77. The first-order chi connectivity index (χ1) is 14.9. The van der Waals surface area contributed by atoms with Crippen molar-refractivity contribution in [2.75, 3.05) is 6.61 Å². The van der Waals surface area contributed by atoms with Crippen molar-refractivity contribution in [1.82, 2.24) is 16.1 Å². The summed E-state index contributed by atoms with van der Waals surface area (Å²) in [5, 5.41) is 9.50. The van der Waals surface area contributed by atoms with Gasteiger partial charge in [0.05, 0.1) is 6.21 Å². The molecule has 2 aromatic rings. The van der Waals surface area contributed by atoms with E-state index < -0.39 is 11.8 Å². The van der Waals surface area contributed by atoms with Gasteiger partial charge in [-0.05, 0) is 37.1 Å². The van der Waals surface area contributed by atoms with Gasteiger partial charge < -0.3 is 15.4 Å². The van der Waals surface area contributed by atoms with Crippen molar-refractivity contribution >= 4 is 35.5 Å². The number of hydrogen-bond donors (Lipinski definition) is 3. The van der Waals surface area contributed by atoms with Gasteiger partial charge in [-0.1, -0.05) is 48.9 Å². The molecule has 3 N–H and O–H groups in total. The Morgan fingerprint density at radius 2 is 1.87 bits per heavy atom. The molecule has 0 bridgehead atoms. The zero-order valence-corrected chi connectivity index (χ0v) is 18.1. The molecule has 0 aromatic heterocycles. The van der Waals surface area contributed by atoms with Gasteiger partial charge in [-0.3, -0.25) is 14.4 Å². The topological polar surface area (TPSA) is 109 Å². The van der Waals surface area contributed by atoms with Crippen LogP contribution in [0.3, 0.4) is 0 Å². The first-order valence-electron chi connectivity index (χ1n) is 9.76. The molecular weight excluding hydrogens is 420 g/mol. The number of hydrogen-bond acceptors (Lipinski definition) is 5. The van der Waals surface area contributed by atoms with Crippen LogP contribution in [0.15, 0.2) is 53.6 Å². The SMILES string of the molecule is CC[C@@H](C)NC(=O)C(=O)N/N=C\c1cc(Cl)ccc1OCC(=O)NCc1ccccc1. The fourth-order valence-corrected chi connectivity index (χ4v) is 2.53. The predicted octanol–water partition coefficient (Wildman–Crippen LogP) is 2.40. The Balaban J connectivity index is 1.91. The highest BCUT2D eigenvalue weighted by atomic mass is 35.5. The number of benzene rings is 2. The van der Waals surface area contributed by atoms with E-state index in [0.29, 0.717) is 29.3 Å². The van der Waals surface area contributed by atoms with Crippen LogP contribution < -0.4 is 20.8 Å². The summed E-state index contributed by atoms with van der Waals surface area (Å²) in [6.07, 6.45) is 1.99. The van der Waals surface area contributed by atoms with E-state index >= 15 is 0 Å². The lowest BCUT2D eigenvalue weighted by Crippen LogP contribution is -2.41. The molecule has 0 radical (unpaired) electrons. The second kappa shape index (κ2) is 12.3. The third kappa shape index (κ3) is 8.47. The Morgan fingerprint density at radius 3 is 2.58 bits per heavy atom. The molecule has 31 heavy (non-hydrogen) atoms. The van der Waals surface area contributed by atoms with Crippen molar-refractivity contribution in [3.63, 3.8) is 0 Å². The number of amides is 3.